The lowest BCUT2D eigenvalue weighted by molar-refractivity contribution is 0.0955. The summed E-state index contributed by atoms with van der Waals surface area (Å²) in [6, 6.07) is 9.53. The molecule has 0 aliphatic heterocycles. The van der Waals surface area contributed by atoms with Crippen molar-refractivity contribution in [3.63, 3.8) is 0 Å². The number of amides is 1. The number of halogens is 1. The number of pyridine rings is 1. The van der Waals surface area contributed by atoms with Crippen molar-refractivity contribution >= 4 is 28.5 Å². The maximum Gasteiger partial charge on any atom is 0.252 e. The molecule has 0 radical (unpaired) electrons. The lowest BCUT2D eigenvalue weighted by atomic mass is 9.90. The minimum Gasteiger partial charge on any atom is -0.352 e. The predicted molar refractivity (Wildman–Crippen MR) is 105 cm³/mol. The maximum atomic E-state index is 12.8. The van der Waals surface area contributed by atoms with Gasteiger partial charge in [-0.2, -0.15) is 5.10 Å². The highest BCUT2D eigenvalue weighted by Gasteiger charge is 2.22. The molecule has 2 aromatic heterocycles. The zero-order chi connectivity index (χ0) is 18.9. The Hall–Kier alpha value is -2.40. The van der Waals surface area contributed by atoms with Crippen LogP contribution >= 0.6 is 11.6 Å². The van der Waals surface area contributed by atoms with E-state index in [0.717, 1.165) is 28.7 Å². The lowest BCUT2D eigenvalue weighted by Gasteiger charge is -2.19. The normalized spacial score (nSPS) is 11.7. The van der Waals surface area contributed by atoms with Gasteiger partial charge < -0.3 is 5.32 Å². The van der Waals surface area contributed by atoms with Gasteiger partial charge in [-0.15, -0.1) is 0 Å². The highest BCUT2D eigenvalue weighted by molar-refractivity contribution is 6.30. The summed E-state index contributed by atoms with van der Waals surface area (Å²) < 4.78 is 1.70. The Balaban J connectivity index is 1.82. The summed E-state index contributed by atoms with van der Waals surface area (Å²) in [6.07, 6.45) is 2.44. The van der Waals surface area contributed by atoms with E-state index in [0.29, 0.717) is 17.1 Å². The van der Waals surface area contributed by atoms with Crippen molar-refractivity contribution in [1.82, 2.24) is 20.1 Å². The SMILES string of the molecule is Cn1ncc2c(C(=O)NCCc3ccc(Cl)cc3)cc(C(C)(C)C)nc21. The number of aryl methyl sites for hydroxylation is 1. The summed E-state index contributed by atoms with van der Waals surface area (Å²) in [4.78, 5) is 17.5. The Labute approximate surface area is 158 Å². The fraction of sp³-hybridized carbons (Fsp3) is 0.350. The zero-order valence-corrected chi connectivity index (χ0v) is 16.3. The molecule has 0 saturated carbocycles. The van der Waals surface area contributed by atoms with Crippen LogP contribution in [0.2, 0.25) is 5.02 Å². The van der Waals surface area contributed by atoms with Gasteiger partial charge in [0.1, 0.15) is 0 Å². The summed E-state index contributed by atoms with van der Waals surface area (Å²) in [5, 5.41) is 8.74. The van der Waals surface area contributed by atoms with Gasteiger partial charge in [-0.1, -0.05) is 44.5 Å². The van der Waals surface area contributed by atoms with Crippen molar-refractivity contribution in [2.45, 2.75) is 32.6 Å². The molecule has 26 heavy (non-hydrogen) atoms. The summed E-state index contributed by atoms with van der Waals surface area (Å²) in [5.41, 5.74) is 3.18. The number of hydrogen-bond acceptors (Lipinski definition) is 3. The van der Waals surface area contributed by atoms with Crippen molar-refractivity contribution in [3.8, 4) is 0 Å². The van der Waals surface area contributed by atoms with Crippen LogP contribution in [0.25, 0.3) is 11.0 Å². The Morgan fingerprint density at radius 1 is 1.23 bits per heavy atom. The van der Waals surface area contributed by atoms with Crippen LogP contribution in [0.5, 0.6) is 0 Å². The van der Waals surface area contributed by atoms with Crippen LogP contribution in [0.15, 0.2) is 36.5 Å². The van der Waals surface area contributed by atoms with Crippen LogP contribution in [0.1, 0.15) is 42.4 Å². The third-order valence-electron chi connectivity index (χ3n) is 4.33. The van der Waals surface area contributed by atoms with Crippen LogP contribution < -0.4 is 5.32 Å². The third kappa shape index (κ3) is 3.88. The Bertz CT molecular complexity index is 939. The van der Waals surface area contributed by atoms with Crippen molar-refractivity contribution in [2.75, 3.05) is 6.54 Å². The third-order valence-corrected chi connectivity index (χ3v) is 4.58. The minimum atomic E-state index is -0.156. The van der Waals surface area contributed by atoms with Crippen molar-refractivity contribution < 1.29 is 4.79 Å². The Kier molecular flexibility index (Phi) is 5.01. The first-order chi connectivity index (χ1) is 12.3. The molecule has 0 aliphatic carbocycles. The molecule has 0 saturated heterocycles. The van der Waals surface area contributed by atoms with Crippen LogP contribution in [-0.4, -0.2) is 27.2 Å². The summed E-state index contributed by atoms with van der Waals surface area (Å²) in [5.74, 6) is -0.107. The first kappa shape index (κ1) is 18.4. The monoisotopic (exact) mass is 370 g/mol. The van der Waals surface area contributed by atoms with E-state index >= 15 is 0 Å². The van der Waals surface area contributed by atoms with Crippen molar-refractivity contribution in [2.24, 2.45) is 7.05 Å². The molecule has 2 heterocycles. The van der Waals surface area contributed by atoms with Crippen molar-refractivity contribution in [1.29, 1.82) is 0 Å². The molecular formula is C20H23ClN4O. The topological polar surface area (TPSA) is 59.8 Å². The average molecular weight is 371 g/mol. The van der Waals surface area contributed by atoms with Crippen LogP contribution in [0, 0.1) is 0 Å². The van der Waals surface area contributed by atoms with Crippen LogP contribution in [-0.2, 0) is 18.9 Å². The van der Waals surface area contributed by atoms with Gasteiger partial charge in [0.2, 0.25) is 0 Å². The smallest absolute Gasteiger partial charge is 0.252 e. The van der Waals surface area contributed by atoms with Gasteiger partial charge in [-0.05, 0) is 30.2 Å². The van der Waals surface area contributed by atoms with E-state index in [1.165, 1.54) is 0 Å². The van der Waals surface area contributed by atoms with E-state index in [1.54, 1.807) is 10.9 Å². The summed E-state index contributed by atoms with van der Waals surface area (Å²) in [6.45, 7) is 6.80. The van der Waals surface area contributed by atoms with Gasteiger partial charge in [0.05, 0.1) is 17.1 Å². The van der Waals surface area contributed by atoms with Gasteiger partial charge in [-0.3, -0.25) is 9.48 Å². The number of nitrogens with one attached hydrogen (secondary N) is 1. The van der Waals surface area contributed by atoms with Gasteiger partial charge >= 0.3 is 0 Å². The number of nitrogens with zero attached hydrogens (tertiary/aromatic N) is 3. The van der Waals surface area contributed by atoms with Crippen molar-refractivity contribution in [3.05, 3.63) is 58.4 Å². The zero-order valence-electron chi connectivity index (χ0n) is 15.5. The van der Waals surface area contributed by atoms with E-state index < -0.39 is 0 Å². The molecule has 0 spiro atoms. The highest BCUT2D eigenvalue weighted by atomic mass is 35.5. The molecule has 1 amide bonds. The molecular weight excluding hydrogens is 348 g/mol. The Morgan fingerprint density at radius 3 is 2.58 bits per heavy atom. The van der Waals surface area contributed by atoms with E-state index in [4.69, 9.17) is 16.6 Å². The maximum absolute atomic E-state index is 12.8. The number of benzene rings is 1. The first-order valence-electron chi connectivity index (χ1n) is 8.61. The second-order valence-corrected chi connectivity index (χ2v) is 7.88. The standard InChI is InChI=1S/C20H23ClN4O/c1-20(2,3)17-11-15(16-12-23-25(4)18(16)24-17)19(26)22-10-9-13-5-7-14(21)8-6-13/h5-8,11-12H,9-10H2,1-4H3,(H,22,26). The molecule has 136 valence electrons. The number of rotatable bonds is 4. The number of carbonyl (C=O) groups excluding carboxylic acids is 1. The quantitative estimate of drug-likeness (QED) is 0.757. The molecule has 0 bridgehead atoms. The number of carbonyl (C=O) groups is 1. The number of fused-ring (bicyclic) bond motifs is 1. The largest absolute Gasteiger partial charge is 0.352 e. The van der Waals surface area contributed by atoms with Gasteiger partial charge in [0.15, 0.2) is 5.65 Å². The highest BCUT2D eigenvalue weighted by Crippen LogP contribution is 2.26. The molecule has 3 rings (SSSR count). The Morgan fingerprint density at radius 2 is 1.92 bits per heavy atom. The number of aromatic nitrogens is 3. The van der Waals surface area contributed by atoms with E-state index in [1.807, 2.05) is 37.4 Å². The second-order valence-electron chi connectivity index (χ2n) is 7.44. The summed E-state index contributed by atoms with van der Waals surface area (Å²) >= 11 is 5.90. The second kappa shape index (κ2) is 7.08. The fourth-order valence-corrected chi connectivity index (χ4v) is 2.88. The molecule has 0 unspecified atom stereocenters. The predicted octanol–water partition coefficient (Wildman–Crippen LogP) is 3.89. The van der Waals surface area contributed by atoms with E-state index in [9.17, 15) is 4.79 Å². The summed E-state index contributed by atoms with van der Waals surface area (Å²) in [7, 11) is 1.84. The van der Waals surface area contributed by atoms with Gasteiger partial charge in [0, 0.05) is 29.7 Å². The molecule has 1 N–H and O–H groups in total. The lowest BCUT2D eigenvalue weighted by Crippen LogP contribution is -2.27. The number of hydrogen-bond donors (Lipinski definition) is 1. The first-order valence-corrected chi connectivity index (χ1v) is 8.99. The van der Waals surface area contributed by atoms with Gasteiger partial charge in [0.25, 0.3) is 5.91 Å². The molecule has 0 fully saturated rings. The van der Waals surface area contributed by atoms with E-state index in [-0.39, 0.29) is 11.3 Å². The minimum absolute atomic E-state index is 0.107. The molecule has 5 nitrogen and oxygen atoms in total. The van der Waals surface area contributed by atoms with Crippen LogP contribution in [0.3, 0.4) is 0 Å². The van der Waals surface area contributed by atoms with Crippen LogP contribution in [0.4, 0.5) is 0 Å². The molecule has 1 aromatic carbocycles. The fourth-order valence-electron chi connectivity index (χ4n) is 2.75. The average Bonchev–Trinajstić information content (AvgIpc) is 2.96. The van der Waals surface area contributed by atoms with Gasteiger partial charge in [-0.25, -0.2) is 4.98 Å². The molecule has 0 atom stereocenters. The molecule has 3 aromatic rings. The molecule has 6 heteroatoms. The van der Waals surface area contributed by atoms with E-state index in [2.05, 4.69) is 31.2 Å². The molecule has 0 aliphatic rings.